The first-order chi connectivity index (χ1) is 9.26. The molecule has 0 aromatic carbocycles. The van der Waals surface area contributed by atoms with E-state index in [9.17, 15) is 4.79 Å². The van der Waals surface area contributed by atoms with E-state index in [1.54, 1.807) is 0 Å². The number of rotatable bonds is 5. The molecule has 0 saturated carbocycles. The van der Waals surface area contributed by atoms with Crippen LogP contribution >= 0.6 is 0 Å². The van der Waals surface area contributed by atoms with Crippen molar-refractivity contribution in [2.45, 2.75) is 33.0 Å². The average molecular weight is 265 g/mol. The van der Waals surface area contributed by atoms with Gasteiger partial charge < -0.3 is 15.2 Å². The molecule has 1 unspecified atom stereocenters. The third-order valence-electron chi connectivity index (χ3n) is 3.49. The summed E-state index contributed by atoms with van der Waals surface area (Å²) in [6, 6.07) is -0.101. The molecule has 1 aliphatic rings. The molecule has 1 aromatic heterocycles. The van der Waals surface area contributed by atoms with E-state index in [-0.39, 0.29) is 11.9 Å². The minimum atomic E-state index is -0.101. The molecule has 0 spiro atoms. The predicted octanol–water partition coefficient (Wildman–Crippen LogP) is -0.187. The molecule has 106 valence electrons. The molecule has 6 heteroatoms. The Bertz CT molecular complexity index is 417. The number of imidazole rings is 1. The van der Waals surface area contributed by atoms with E-state index in [1.807, 2.05) is 19.3 Å². The lowest BCUT2D eigenvalue weighted by molar-refractivity contribution is -0.127. The number of carbonyl (C=O) groups is 1. The molecule has 19 heavy (non-hydrogen) atoms. The summed E-state index contributed by atoms with van der Waals surface area (Å²) >= 11 is 0. The Balaban J connectivity index is 2.05. The fourth-order valence-corrected chi connectivity index (χ4v) is 2.45. The normalized spacial score (nSPS) is 20.4. The molecule has 2 rings (SSSR count). The Labute approximate surface area is 114 Å². The fraction of sp³-hybridized carbons (Fsp3) is 0.692. The molecular formula is C13H23N5O. The van der Waals surface area contributed by atoms with Crippen LogP contribution in [0.25, 0.3) is 0 Å². The van der Waals surface area contributed by atoms with Gasteiger partial charge in [-0.15, -0.1) is 0 Å². The van der Waals surface area contributed by atoms with Gasteiger partial charge in [-0.25, -0.2) is 4.98 Å². The third kappa shape index (κ3) is 3.33. The summed E-state index contributed by atoms with van der Waals surface area (Å²) in [5, 5.41) is 6.19. The van der Waals surface area contributed by atoms with Gasteiger partial charge in [0, 0.05) is 45.1 Å². The molecular weight excluding hydrogens is 242 g/mol. The highest BCUT2D eigenvalue weighted by molar-refractivity contribution is 5.82. The number of hydrogen-bond donors (Lipinski definition) is 2. The number of piperazine rings is 1. The van der Waals surface area contributed by atoms with E-state index in [0.29, 0.717) is 13.1 Å². The Morgan fingerprint density at radius 3 is 3.16 bits per heavy atom. The van der Waals surface area contributed by atoms with E-state index in [4.69, 9.17) is 0 Å². The van der Waals surface area contributed by atoms with E-state index in [0.717, 1.165) is 32.0 Å². The molecule has 0 aliphatic carbocycles. The number of nitrogens with one attached hydrogen (secondary N) is 2. The lowest BCUT2D eigenvalue weighted by Crippen LogP contribution is -2.57. The van der Waals surface area contributed by atoms with Crippen molar-refractivity contribution in [1.82, 2.24) is 25.1 Å². The van der Waals surface area contributed by atoms with Crippen LogP contribution in [-0.2, 0) is 17.9 Å². The third-order valence-corrected chi connectivity index (χ3v) is 3.49. The zero-order valence-corrected chi connectivity index (χ0v) is 11.7. The highest BCUT2D eigenvalue weighted by Crippen LogP contribution is 2.09. The first kappa shape index (κ1) is 14.0. The summed E-state index contributed by atoms with van der Waals surface area (Å²) in [7, 11) is 0. The summed E-state index contributed by atoms with van der Waals surface area (Å²) in [5.74, 6) is 1.13. The molecule has 1 atom stereocenters. The van der Waals surface area contributed by atoms with Gasteiger partial charge in [0.1, 0.15) is 11.9 Å². The highest BCUT2D eigenvalue weighted by atomic mass is 16.2. The number of amides is 1. The maximum absolute atomic E-state index is 12.1. The van der Waals surface area contributed by atoms with Gasteiger partial charge in [0.05, 0.1) is 6.54 Å². The Morgan fingerprint density at radius 2 is 2.42 bits per heavy atom. The SMILES string of the molecule is CCNC(=O)C1CNCCN1Cc1nccn1CC. The van der Waals surface area contributed by atoms with Crippen LogP contribution in [0.4, 0.5) is 0 Å². The van der Waals surface area contributed by atoms with Crippen LogP contribution in [-0.4, -0.2) is 52.6 Å². The average Bonchev–Trinajstić information content (AvgIpc) is 2.87. The largest absolute Gasteiger partial charge is 0.355 e. The molecule has 6 nitrogen and oxygen atoms in total. The number of aromatic nitrogens is 2. The molecule has 0 bridgehead atoms. The van der Waals surface area contributed by atoms with Gasteiger partial charge in [0.15, 0.2) is 0 Å². The van der Waals surface area contributed by atoms with Crippen molar-refractivity contribution in [1.29, 1.82) is 0 Å². The van der Waals surface area contributed by atoms with Gasteiger partial charge in [-0.3, -0.25) is 9.69 Å². The van der Waals surface area contributed by atoms with Crippen molar-refractivity contribution in [2.75, 3.05) is 26.2 Å². The second kappa shape index (κ2) is 6.68. The van der Waals surface area contributed by atoms with Crippen LogP contribution in [0.15, 0.2) is 12.4 Å². The van der Waals surface area contributed by atoms with Crippen molar-refractivity contribution >= 4 is 5.91 Å². The molecule has 1 fully saturated rings. The van der Waals surface area contributed by atoms with Gasteiger partial charge in [0.25, 0.3) is 0 Å². The monoisotopic (exact) mass is 265 g/mol. The maximum Gasteiger partial charge on any atom is 0.238 e. The summed E-state index contributed by atoms with van der Waals surface area (Å²) in [5.41, 5.74) is 0. The second-order valence-corrected chi connectivity index (χ2v) is 4.71. The van der Waals surface area contributed by atoms with Crippen LogP contribution in [0.3, 0.4) is 0 Å². The molecule has 1 aliphatic heterocycles. The molecule has 0 radical (unpaired) electrons. The van der Waals surface area contributed by atoms with Crippen molar-refractivity contribution < 1.29 is 4.79 Å². The summed E-state index contributed by atoms with van der Waals surface area (Å²) < 4.78 is 2.12. The Kier molecular flexibility index (Phi) is 4.93. The Morgan fingerprint density at radius 1 is 1.58 bits per heavy atom. The van der Waals surface area contributed by atoms with Crippen LogP contribution in [0, 0.1) is 0 Å². The van der Waals surface area contributed by atoms with Crippen molar-refractivity contribution in [3.63, 3.8) is 0 Å². The van der Waals surface area contributed by atoms with Crippen LogP contribution in [0.1, 0.15) is 19.7 Å². The quantitative estimate of drug-likeness (QED) is 0.775. The molecule has 2 heterocycles. The first-order valence-corrected chi connectivity index (χ1v) is 6.98. The van der Waals surface area contributed by atoms with E-state index >= 15 is 0 Å². The van der Waals surface area contributed by atoms with Crippen LogP contribution in [0.2, 0.25) is 0 Å². The minimum Gasteiger partial charge on any atom is -0.355 e. The van der Waals surface area contributed by atoms with E-state index < -0.39 is 0 Å². The van der Waals surface area contributed by atoms with E-state index in [2.05, 4.69) is 32.0 Å². The number of likely N-dealkylation sites (N-methyl/N-ethyl adjacent to an activating group) is 1. The maximum atomic E-state index is 12.1. The highest BCUT2D eigenvalue weighted by Gasteiger charge is 2.28. The van der Waals surface area contributed by atoms with Crippen LogP contribution in [0.5, 0.6) is 0 Å². The molecule has 1 aromatic rings. The molecule has 2 N–H and O–H groups in total. The number of aryl methyl sites for hydroxylation is 1. The summed E-state index contributed by atoms with van der Waals surface area (Å²) in [4.78, 5) is 18.7. The van der Waals surface area contributed by atoms with Gasteiger partial charge in [-0.05, 0) is 13.8 Å². The first-order valence-electron chi connectivity index (χ1n) is 6.98. The predicted molar refractivity (Wildman–Crippen MR) is 73.7 cm³/mol. The number of hydrogen-bond acceptors (Lipinski definition) is 4. The smallest absolute Gasteiger partial charge is 0.238 e. The van der Waals surface area contributed by atoms with Gasteiger partial charge >= 0.3 is 0 Å². The lowest BCUT2D eigenvalue weighted by Gasteiger charge is -2.34. The molecule has 1 amide bonds. The lowest BCUT2D eigenvalue weighted by atomic mass is 10.1. The topological polar surface area (TPSA) is 62.2 Å². The van der Waals surface area contributed by atoms with Crippen molar-refractivity contribution in [3.8, 4) is 0 Å². The van der Waals surface area contributed by atoms with Gasteiger partial charge in [-0.2, -0.15) is 0 Å². The second-order valence-electron chi connectivity index (χ2n) is 4.71. The van der Waals surface area contributed by atoms with Crippen molar-refractivity contribution in [3.05, 3.63) is 18.2 Å². The Hall–Kier alpha value is -1.40. The number of carbonyl (C=O) groups excluding carboxylic acids is 1. The summed E-state index contributed by atoms with van der Waals surface area (Å²) in [6.07, 6.45) is 3.81. The zero-order chi connectivity index (χ0) is 13.7. The zero-order valence-electron chi connectivity index (χ0n) is 11.7. The minimum absolute atomic E-state index is 0.101. The summed E-state index contributed by atoms with van der Waals surface area (Å²) in [6.45, 7) is 8.86. The van der Waals surface area contributed by atoms with Gasteiger partial charge in [-0.1, -0.05) is 0 Å². The molecule has 1 saturated heterocycles. The standard InChI is InChI=1S/C13H23N5O/c1-3-15-13(19)11-9-14-5-7-18(11)10-12-16-6-8-17(12)4-2/h6,8,11,14H,3-5,7,9-10H2,1-2H3,(H,15,19). The van der Waals surface area contributed by atoms with Crippen LogP contribution < -0.4 is 10.6 Å². The van der Waals surface area contributed by atoms with E-state index in [1.165, 1.54) is 0 Å². The van der Waals surface area contributed by atoms with Gasteiger partial charge in [0.2, 0.25) is 5.91 Å². The fourth-order valence-electron chi connectivity index (χ4n) is 2.45. The number of nitrogens with zero attached hydrogens (tertiary/aromatic N) is 3. The van der Waals surface area contributed by atoms with Crippen molar-refractivity contribution in [2.24, 2.45) is 0 Å².